The van der Waals surface area contributed by atoms with Gasteiger partial charge in [-0.2, -0.15) is 0 Å². The van der Waals surface area contributed by atoms with E-state index >= 15 is 0 Å². The summed E-state index contributed by atoms with van der Waals surface area (Å²) in [5.74, 6) is 1.86. The van der Waals surface area contributed by atoms with Crippen LogP contribution in [-0.2, 0) is 18.3 Å². The maximum absolute atomic E-state index is 13.2. The van der Waals surface area contributed by atoms with E-state index in [4.69, 9.17) is 8.83 Å². The van der Waals surface area contributed by atoms with Gasteiger partial charge < -0.3 is 8.83 Å². The second-order valence-corrected chi connectivity index (χ2v) is 7.01. The SMILES string of the molecule is O=C1c2ccccc2C(Cc2ccco2)(Cc2ccco2)c2ccccc21. The van der Waals surface area contributed by atoms with Gasteiger partial charge in [0.25, 0.3) is 0 Å². The zero-order valence-corrected chi connectivity index (χ0v) is 14.7. The largest absolute Gasteiger partial charge is 0.469 e. The number of benzene rings is 2. The highest BCUT2D eigenvalue weighted by atomic mass is 16.3. The normalized spacial score (nSPS) is 14.6. The Kier molecular flexibility index (Phi) is 3.61. The maximum atomic E-state index is 13.2. The summed E-state index contributed by atoms with van der Waals surface area (Å²) in [5.41, 5.74) is 3.14. The fourth-order valence-electron chi connectivity index (χ4n) is 4.35. The lowest BCUT2D eigenvalue weighted by atomic mass is 9.62. The average molecular weight is 354 g/mol. The van der Waals surface area contributed by atoms with Crippen LogP contribution in [0.15, 0.2) is 94.2 Å². The van der Waals surface area contributed by atoms with Gasteiger partial charge in [0, 0.05) is 29.4 Å². The van der Waals surface area contributed by atoms with Crippen LogP contribution < -0.4 is 0 Å². The third-order valence-corrected chi connectivity index (χ3v) is 5.49. The Morgan fingerprint density at radius 2 is 1.11 bits per heavy atom. The Hall–Kier alpha value is -3.33. The maximum Gasteiger partial charge on any atom is 0.193 e. The van der Waals surface area contributed by atoms with Crippen molar-refractivity contribution >= 4 is 5.78 Å². The Morgan fingerprint density at radius 1 is 0.630 bits per heavy atom. The lowest BCUT2D eigenvalue weighted by molar-refractivity contribution is 0.102. The molecule has 0 atom stereocenters. The van der Waals surface area contributed by atoms with Crippen LogP contribution in [0.25, 0.3) is 0 Å². The number of furan rings is 2. The van der Waals surface area contributed by atoms with Crippen LogP contribution in [0.5, 0.6) is 0 Å². The number of fused-ring (bicyclic) bond motifs is 2. The molecule has 3 nitrogen and oxygen atoms in total. The van der Waals surface area contributed by atoms with Gasteiger partial charge in [-0.25, -0.2) is 0 Å². The molecule has 0 amide bonds. The minimum absolute atomic E-state index is 0.0794. The molecule has 132 valence electrons. The average Bonchev–Trinajstić information content (AvgIpc) is 3.40. The summed E-state index contributed by atoms with van der Waals surface area (Å²) in [6.45, 7) is 0. The van der Waals surface area contributed by atoms with Crippen molar-refractivity contribution in [1.29, 1.82) is 0 Å². The molecule has 2 heterocycles. The molecule has 0 spiro atoms. The van der Waals surface area contributed by atoms with Gasteiger partial charge in [0.1, 0.15) is 11.5 Å². The number of ketones is 1. The highest BCUT2D eigenvalue weighted by molar-refractivity contribution is 6.13. The van der Waals surface area contributed by atoms with E-state index in [2.05, 4.69) is 12.1 Å². The topological polar surface area (TPSA) is 43.4 Å². The van der Waals surface area contributed by atoms with Gasteiger partial charge in [0.15, 0.2) is 5.78 Å². The molecule has 4 aromatic rings. The van der Waals surface area contributed by atoms with Crippen LogP contribution >= 0.6 is 0 Å². The van der Waals surface area contributed by atoms with Crippen LogP contribution in [0.3, 0.4) is 0 Å². The minimum Gasteiger partial charge on any atom is -0.469 e. The summed E-state index contributed by atoms with van der Waals surface area (Å²) < 4.78 is 11.4. The molecule has 2 aromatic carbocycles. The smallest absolute Gasteiger partial charge is 0.193 e. The quantitative estimate of drug-likeness (QED) is 0.507. The van der Waals surface area contributed by atoms with Gasteiger partial charge in [0.05, 0.1) is 12.5 Å². The second kappa shape index (κ2) is 6.13. The molecule has 1 aliphatic carbocycles. The van der Waals surface area contributed by atoms with Gasteiger partial charge in [-0.15, -0.1) is 0 Å². The lowest BCUT2D eigenvalue weighted by Crippen LogP contribution is -2.39. The van der Waals surface area contributed by atoms with E-state index in [0.717, 1.165) is 33.8 Å². The van der Waals surface area contributed by atoms with Gasteiger partial charge in [-0.1, -0.05) is 48.5 Å². The highest BCUT2D eigenvalue weighted by Crippen LogP contribution is 2.46. The number of rotatable bonds is 4. The molecule has 0 aliphatic heterocycles. The van der Waals surface area contributed by atoms with Crippen LogP contribution in [0.4, 0.5) is 0 Å². The molecule has 0 bridgehead atoms. The first-order chi connectivity index (χ1) is 13.3. The molecular formula is C24H18O3. The lowest BCUT2D eigenvalue weighted by Gasteiger charge is -2.39. The number of hydrogen-bond donors (Lipinski definition) is 0. The summed E-state index contributed by atoms with van der Waals surface area (Å²) >= 11 is 0. The van der Waals surface area contributed by atoms with Gasteiger partial charge in [-0.3, -0.25) is 4.79 Å². The van der Waals surface area contributed by atoms with Crippen molar-refractivity contribution in [1.82, 2.24) is 0 Å². The molecule has 0 N–H and O–H groups in total. The van der Waals surface area contributed by atoms with E-state index in [1.807, 2.05) is 60.7 Å². The Morgan fingerprint density at radius 3 is 1.56 bits per heavy atom. The molecule has 5 rings (SSSR count). The molecule has 0 unspecified atom stereocenters. The van der Waals surface area contributed by atoms with Crippen molar-refractivity contribution in [3.8, 4) is 0 Å². The molecule has 3 heteroatoms. The summed E-state index contributed by atoms with van der Waals surface area (Å²) in [5, 5.41) is 0. The van der Waals surface area contributed by atoms with E-state index in [-0.39, 0.29) is 5.78 Å². The molecule has 0 saturated heterocycles. The third kappa shape index (κ3) is 2.47. The van der Waals surface area contributed by atoms with Crippen molar-refractivity contribution in [3.05, 3.63) is 119 Å². The van der Waals surface area contributed by atoms with Crippen molar-refractivity contribution < 1.29 is 13.6 Å². The first-order valence-electron chi connectivity index (χ1n) is 9.06. The van der Waals surface area contributed by atoms with E-state index < -0.39 is 5.41 Å². The van der Waals surface area contributed by atoms with Crippen LogP contribution in [0, 0.1) is 0 Å². The highest BCUT2D eigenvalue weighted by Gasteiger charge is 2.44. The van der Waals surface area contributed by atoms with E-state index in [9.17, 15) is 4.79 Å². The number of hydrogen-bond acceptors (Lipinski definition) is 3. The van der Waals surface area contributed by atoms with E-state index in [0.29, 0.717) is 12.8 Å². The van der Waals surface area contributed by atoms with Crippen LogP contribution in [-0.4, -0.2) is 5.78 Å². The molecule has 0 fully saturated rings. The number of carbonyl (C=O) groups excluding carboxylic acids is 1. The van der Waals surface area contributed by atoms with E-state index in [1.165, 1.54) is 0 Å². The molecular weight excluding hydrogens is 336 g/mol. The predicted molar refractivity (Wildman–Crippen MR) is 102 cm³/mol. The monoisotopic (exact) mass is 354 g/mol. The Labute approximate surface area is 157 Å². The minimum atomic E-state index is -0.434. The zero-order chi connectivity index (χ0) is 18.3. The van der Waals surface area contributed by atoms with Crippen molar-refractivity contribution in [2.24, 2.45) is 0 Å². The predicted octanol–water partition coefficient (Wildman–Crippen LogP) is 5.19. The van der Waals surface area contributed by atoms with Gasteiger partial charge >= 0.3 is 0 Å². The molecule has 1 aliphatic rings. The molecule has 27 heavy (non-hydrogen) atoms. The summed E-state index contributed by atoms with van der Waals surface area (Å²) in [6.07, 6.45) is 4.70. The zero-order valence-electron chi connectivity index (χ0n) is 14.7. The van der Waals surface area contributed by atoms with Gasteiger partial charge in [0.2, 0.25) is 0 Å². The second-order valence-electron chi connectivity index (χ2n) is 7.01. The Bertz CT molecular complexity index is 1000. The van der Waals surface area contributed by atoms with Crippen molar-refractivity contribution in [3.63, 3.8) is 0 Å². The number of carbonyl (C=O) groups is 1. The van der Waals surface area contributed by atoms with Crippen LogP contribution in [0.2, 0.25) is 0 Å². The van der Waals surface area contributed by atoms with Gasteiger partial charge in [-0.05, 0) is 35.4 Å². The standard InChI is InChI=1S/C24H18O3/c25-23-19-9-1-3-11-21(19)24(15-17-7-5-13-26-17,16-18-8-6-14-27-18)22-12-4-2-10-20(22)23/h1-14H,15-16H2. The molecule has 0 radical (unpaired) electrons. The van der Waals surface area contributed by atoms with Crippen molar-refractivity contribution in [2.75, 3.05) is 0 Å². The van der Waals surface area contributed by atoms with Crippen LogP contribution in [0.1, 0.15) is 38.6 Å². The third-order valence-electron chi connectivity index (χ3n) is 5.49. The summed E-state index contributed by atoms with van der Waals surface area (Å²) in [6, 6.07) is 23.6. The first kappa shape index (κ1) is 15.9. The first-order valence-corrected chi connectivity index (χ1v) is 9.06. The fraction of sp³-hybridized carbons (Fsp3) is 0.125. The molecule has 2 aromatic heterocycles. The van der Waals surface area contributed by atoms with Crippen molar-refractivity contribution in [2.45, 2.75) is 18.3 Å². The summed E-state index contributed by atoms with van der Waals surface area (Å²) in [7, 11) is 0. The Balaban J connectivity index is 1.80. The van der Waals surface area contributed by atoms with E-state index in [1.54, 1.807) is 12.5 Å². The fourth-order valence-corrected chi connectivity index (χ4v) is 4.35. The summed E-state index contributed by atoms with van der Waals surface area (Å²) in [4.78, 5) is 13.2. The molecule has 0 saturated carbocycles.